The molecule has 3 rings (SSSR count). The second kappa shape index (κ2) is 7.69. The molecule has 0 aromatic heterocycles. The highest BCUT2D eigenvalue weighted by atomic mass is 32.2. The van der Waals surface area contributed by atoms with Gasteiger partial charge in [-0.15, -0.1) is 0 Å². The van der Waals surface area contributed by atoms with Crippen molar-refractivity contribution in [3.63, 3.8) is 0 Å². The lowest BCUT2D eigenvalue weighted by Crippen LogP contribution is -2.34. The molecule has 0 aliphatic carbocycles. The van der Waals surface area contributed by atoms with Crippen LogP contribution in [0.15, 0.2) is 63.6 Å². The van der Waals surface area contributed by atoms with E-state index < -0.39 is 16.1 Å². The van der Waals surface area contributed by atoms with E-state index in [2.05, 4.69) is 15.1 Å². The third-order valence-electron chi connectivity index (χ3n) is 4.30. The minimum atomic E-state index is -3.85. The lowest BCUT2D eigenvalue weighted by molar-refractivity contribution is 0.368. The summed E-state index contributed by atoms with van der Waals surface area (Å²) in [5.41, 5.74) is 11.0. The van der Waals surface area contributed by atoms with Crippen molar-refractivity contribution in [3.05, 3.63) is 70.1 Å². The molecular weight excluding hydrogens is 366 g/mol. The lowest BCUT2D eigenvalue weighted by Gasteiger charge is -2.21. The lowest BCUT2D eigenvalue weighted by atomic mass is 10.0. The zero-order valence-electron chi connectivity index (χ0n) is 15.0. The third kappa shape index (κ3) is 3.89. The van der Waals surface area contributed by atoms with Crippen LogP contribution in [0.1, 0.15) is 17.5 Å². The van der Waals surface area contributed by atoms with Crippen molar-refractivity contribution in [2.24, 2.45) is 10.2 Å². The van der Waals surface area contributed by atoms with Crippen LogP contribution in [0.4, 0.5) is 0 Å². The van der Waals surface area contributed by atoms with E-state index in [0.29, 0.717) is 17.9 Å². The first kappa shape index (κ1) is 18.8. The van der Waals surface area contributed by atoms with Gasteiger partial charge in [0.1, 0.15) is 5.75 Å². The number of methoxy groups -OCH3 is 1. The van der Waals surface area contributed by atoms with E-state index in [1.54, 1.807) is 43.5 Å². The van der Waals surface area contributed by atoms with Crippen LogP contribution in [0, 0.1) is 6.92 Å². The van der Waals surface area contributed by atoms with Crippen LogP contribution < -0.4 is 4.74 Å². The smallest absolute Gasteiger partial charge is 0.279 e. The second-order valence-corrected chi connectivity index (χ2v) is 7.93. The summed E-state index contributed by atoms with van der Waals surface area (Å²) in [7, 11) is -2.27. The van der Waals surface area contributed by atoms with Crippen LogP contribution in [0.2, 0.25) is 0 Å². The first-order valence-electron chi connectivity index (χ1n) is 8.29. The molecule has 140 valence electrons. The summed E-state index contributed by atoms with van der Waals surface area (Å²) in [4.78, 5) is 2.91. The van der Waals surface area contributed by atoms with Gasteiger partial charge >= 0.3 is 0 Å². The van der Waals surface area contributed by atoms with Crippen LogP contribution in [0.3, 0.4) is 0 Å². The average Bonchev–Trinajstić information content (AvgIpc) is 3.12. The maximum Gasteiger partial charge on any atom is 0.279 e. The quantitative estimate of drug-likeness (QED) is 0.431. The van der Waals surface area contributed by atoms with E-state index in [4.69, 9.17) is 10.3 Å². The highest BCUT2D eigenvalue weighted by Gasteiger charge is 2.36. The van der Waals surface area contributed by atoms with Gasteiger partial charge in [0.25, 0.3) is 10.0 Å². The number of hydrogen-bond acceptors (Lipinski definition) is 5. The maximum atomic E-state index is 13.1. The van der Waals surface area contributed by atoms with Gasteiger partial charge in [-0.05, 0) is 54.4 Å². The monoisotopic (exact) mass is 385 g/mol. The molecule has 8 nitrogen and oxygen atoms in total. The average molecular weight is 385 g/mol. The first-order valence-corrected chi connectivity index (χ1v) is 9.73. The predicted octanol–water partition coefficient (Wildman–Crippen LogP) is 3.48. The maximum absolute atomic E-state index is 13.1. The third-order valence-corrected chi connectivity index (χ3v) is 6.04. The van der Waals surface area contributed by atoms with Crippen molar-refractivity contribution < 1.29 is 13.2 Å². The van der Waals surface area contributed by atoms with Gasteiger partial charge in [0.15, 0.2) is 0 Å². The molecule has 1 aliphatic rings. The summed E-state index contributed by atoms with van der Waals surface area (Å²) in [6.07, 6.45) is 0.358. The number of sulfonamides is 1. The van der Waals surface area contributed by atoms with E-state index in [-0.39, 0.29) is 11.4 Å². The zero-order valence-corrected chi connectivity index (χ0v) is 15.8. The molecule has 2 aromatic carbocycles. The molecule has 0 amide bonds. The SMILES string of the molecule is COc1ccc(C2=NN(S(=O)(=O)c3ccc(C)cc3)C(CN=[N+]=[N-])C2)cc1. The van der Waals surface area contributed by atoms with Gasteiger partial charge in [-0.1, -0.05) is 22.8 Å². The summed E-state index contributed by atoms with van der Waals surface area (Å²) in [6, 6.07) is 13.2. The Morgan fingerprint density at radius 1 is 1.22 bits per heavy atom. The van der Waals surface area contributed by atoms with E-state index in [1.165, 1.54) is 0 Å². The molecule has 0 saturated carbocycles. The number of benzene rings is 2. The Kier molecular flexibility index (Phi) is 5.34. The molecule has 0 N–H and O–H groups in total. The van der Waals surface area contributed by atoms with Crippen molar-refractivity contribution in [1.29, 1.82) is 0 Å². The normalized spacial score (nSPS) is 16.6. The van der Waals surface area contributed by atoms with E-state index >= 15 is 0 Å². The van der Waals surface area contributed by atoms with Gasteiger partial charge in [0, 0.05) is 17.9 Å². The van der Waals surface area contributed by atoms with E-state index in [1.807, 2.05) is 19.1 Å². The Labute approximate surface area is 157 Å². The molecular formula is C18H19N5O3S. The van der Waals surface area contributed by atoms with Crippen molar-refractivity contribution in [2.45, 2.75) is 24.3 Å². The molecule has 27 heavy (non-hydrogen) atoms. The summed E-state index contributed by atoms with van der Waals surface area (Å²) in [6.45, 7) is 1.89. The van der Waals surface area contributed by atoms with Crippen LogP contribution in [-0.4, -0.2) is 38.2 Å². The van der Waals surface area contributed by atoms with Gasteiger partial charge in [-0.25, -0.2) is 0 Å². The van der Waals surface area contributed by atoms with Crippen molar-refractivity contribution in [1.82, 2.24) is 4.41 Å². The molecule has 9 heteroatoms. The number of hydrogen-bond donors (Lipinski definition) is 0. The fourth-order valence-corrected chi connectivity index (χ4v) is 4.27. The van der Waals surface area contributed by atoms with Crippen LogP contribution in [-0.2, 0) is 10.0 Å². The minimum Gasteiger partial charge on any atom is -0.497 e. The number of rotatable bonds is 6. The zero-order chi connectivity index (χ0) is 19.4. The standard InChI is InChI=1S/C18H19N5O3S/c1-13-3-9-17(10-4-13)27(24,25)23-15(12-20-22-19)11-18(21-23)14-5-7-16(26-2)8-6-14/h3-10,15H,11-12H2,1-2H3. The molecule has 0 fully saturated rings. The number of hydrazone groups is 1. The molecule has 0 spiro atoms. The topological polar surface area (TPSA) is 108 Å². The highest BCUT2D eigenvalue weighted by Crippen LogP contribution is 2.28. The second-order valence-electron chi connectivity index (χ2n) is 6.14. The van der Waals surface area contributed by atoms with E-state index in [9.17, 15) is 8.42 Å². The molecule has 1 heterocycles. The van der Waals surface area contributed by atoms with Crippen LogP contribution >= 0.6 is 0 Å². The van der Waals surface area contributed by atoms with Crippen LogP contribution in [0.25, 0.3) is 10.4 Å². The Balaban J connectivity index is 1.98. The fourth-order valence-electron chi connectivity index (χ4n) is 2.84. The van der Waals surface area contributed by atoms with Gasteiger partial charge in [-0.3, -0.25) is 0 Å². The summed E-state index contributed by atoms with van der Waals surface area (Å²) in [5.74, 6) is 0.701. The van der Waals surface area contributed by atoms with Crippen molar-refractivity contribution >= 4 is 15.7 Å². The fraction of sp³-hybridized carbons (Fsp3) is 0.278. The first-order chi connectivity index (χ1) is 13.0. The molecule has 1 atom stereocenters. The van der Waals surface area contributed by atoms with Gasteiger partial charge in [0.2, 0.25) is 0 Å². The summed E-state index contributed by atoms with van der Waals surface area (Å²) < 4.78 is 32.3. The Morgan fingerprint density at radius 3 is 2.48 bits per heavy atom. The summed E-state index contributed by atoms with van der Waals surface area (Å²) in [5, 5.41) is 7.92. The highest BCUT2D eigenvalue weighted by molar-refractivity contribution is 7.89. The predicted molar refractivity (Wildman–Crippen MR) is 102 cm³/mol. The Hall–Kier alpha value is -3.03. The molecule has 0 bridgehead atoms. The minimum absolute atomic E-state index is 0.00471. The molecule has 2 aromatic rings. The number of azide groups is 1. The largest absolute Gasteiger partial charge is 0.497 e. The number of ether oxygens (including phenoxy) is 1. The van der Waals surface area contributed by atoms with Gasteiger partial charge in [-0.2, -0.15) is 17.9 Å². The van der Waals surface area contributed by atoms with Gasteiger partial charge in [0.05, 0.1) is 23.8 Å². The van der Waals surface area contributed by atoms with Crippen LogP contribution in [0.5, 0.6) is 5.75 Å². The number of nitrogens with zero attached hydrogens (tertiary/aromatic N) is 5. The van der Waals surface area contributed by atoms with E-state index in [0.717, 1.165) is 15.5 Å². The van der Waals surface area contributed by atoms with Crippen molar-refractivity contribution in [3.8, 4) is 5.75 Å². The van der Waals surface area contributed by atoms with Crippen molar-refractivity contribution in [2.75, 3.05) is 13.7 Å². The molecule has 1 unspecified atom stereocenters. The molecule has 1 aliphatic heterocycles. The molecule has 0 saturated heterocycles. The summed E-state index contributed by atoms with van der Waals surface area (Å²) >= 11 is 0. The Morgan fingerprint density at radius 2 is 1.89 bits per heavy atom. The Bertz CT molecular complexity index is 994. The molecule has 0 radical (unpaired) electrons. The van der Waals surface area contributed by atoms with Gasteiger partial charge < -0.3 is 4.74 Å². The number of aryl methyl sites for hydroxylation is 1.